The van der Waals surface area contributed by atoms with Gasteiger partial charge in [0.1, 0.15) is 0 Å². The second-order valence-corrected chi connectivity index (χ2v) is 7.27. The molecule has 0 spiro atoms. The number of anilines is 2. The predicted molar refractivity (Wildman–Crippen MR) is 120 cm³/mol. The fourth-order valence-electron chi connectivity index (χ4n) is 2.48. The molecule has 142 valence electrons. The number of hydrogen-bond donors (Lipinski definition) is 3. The van der Waals surface area contributed by atoms with Crippen molar-refractivity contribution in [3.8, 4) is 0 Å². The van der Waals surface area contributed by atoms with Crippen molar-refractivity contribution in [3.05, 3.63) is 95.8 Å². The minimum Gasteiger partial charge on any atom is -0.371 e. The van der Waals surface area contributed by atoms with Gasteiger partial charge in [-0.25, -0.2) is 4.99 Å². The van der Waals surface area contributed by atoms with E-state index in [-0.39, 0.29) is 0 Å². The molecule has 0 bridgehead atoms. The van der Waals surface area contributed by atoms with Crippen LogP contribution in [0, 0.1) is 6.92 Å². The van der Waals surface area contributed by atoms with Gasteiger partial charge in [0.05, 0.1) is 17.2 Å². The zero-order valence-corrected chi connectivity index (χ0v) is 16.5. The molecule has 0 saturated carbocycles. The van der Waals surface area contributed by atoms with E-state index in [1.54, 1.807) is 23.7 Å². The van der Waals surface area contributed by atoms with E-state index in [2.05, 4.69) is 27.2 Å². The van der Waals surface area contributed by atoms with E-state index in [4.69, 9.17) is 5.73 Å². The molecule has 0 aliphatic rings. The van der Waals surface area contributed by atoms with Crippen LogP contribution in [0.2, 0.25) is 0 Å². The van der Waals surface area contributed by atoms with Gasteiger partial charge in [-0.1, -0.05) is 24.8 Å². The molecule has 2 aromatic heterocycles. The summed E-state index contributed by atoms with van der Waals surface area (Å²) in [5, 5.41) is 7.51. The smallest absolute Gasteiger partial charge is 0.197 e. The molecule has 3 aromatic rings. The van der Waals surface area contributed by atoms with Crippen LogP contribution in [0.1, 0.15) is 16.1 Å². The summed E-state index contributed by atoms with van der Waals surface area (Å²) in [7, 11) is 0. The topological polar surface area (TPSA) is 75.3 Å². The molecular weight excluding hydrogens is 366 g/mol. The van der Waals surface area contributed by atoms with Crippen LogP contribution < -0.4 is 16.4 Å². The third-order valence-corrected chi connectivity index (χ3v) is 4.99. The van der Waals surface area contributed by atoms with Crippen LogP contribution in [-0.4, -0.2) is 10.9 Å². The lowest BCUT2D eigenvalue weighted by atomic mass is 10.2. The fourth-order valence-corrected chi connectivity index (χ4v) is 3.33. The SMILES string of the molecule is C=C(/C=C\N=C(N)Nc1cccc(C)c1)c1ccc(NCc2ccccn2)s1. The van der Waals surface area contributed by atoms with E-state index in [0.717, 1.165) is 32.4 Å². The monoisotopic (exact) mass is 389 g/mol. The highest BCUT2D eigenvalue weighted by Crippen LogP contribution is 2.28. The van der Waals surface area contributed by atoms with E-state index in [9.17, 15) is 0 Å². The standard InChI is InChI=1S/C22H23N5S/c1-16-6-5-8-18(14-16)27-22(23)25-13-11-17(2)20-9-10-21(28-20)26-15-19-7-3-4-12-24-19/h3-14,26H,2,15H2,1H3,(H3,23,25,27)/b13-11-. The summed E-state index contributed by atoms with van der Waals surface area (Å²) in [6.45, 7) is 6.82. The van der Waals surface area contributed by atoms with Gasteiger partial charge in [-0.2, -0.15) is 0 Å². The molecule has 0 unspecified atom stereocenters. The number of nitrogens with two attached hydrogens (primary N) is 1. The van der Waals surface area contributed by atoms with Crippen LogP contribution in [0.15, 0.2) is 84.6 Å². The number of aromatic nitrogens is 1. The lowest BCUT2D eigenvalue weighted by Crippen LogP contribution is -2.21. The first-order valence-corrected chi connectivity index (χ1v) is 9.68. The lowest BCUT2D eigenvalue weighted by Gasteiger charge is -2.04. The first-order chi connectivity index (χ1) is 13.6. The maximum atomic E-state index is 5.92. The number of hydrogen-bond acceptors (Lipinski definition) is 4. The van der Waals surface area contributed by atoms with E-state index in [1.807, 2.05) is 67.6 Å². The third-order valence-electron chi connectivity index (χ3n) is 3.87. The van der Waals surface area contributed by atoms with E-state index >= 15 is 0 Å². The number of aryl methyl sites for hydroxylation is 1. The summed E-state index contributed by atoms with van der Waals surface area (Å²) >= 11 is 1.64. The normalized spacial score (nSPS) is 11.5. The number of thiophene rings is 1. The Hall–Kier alpha value is -3.38. The molecule has 0 radical (unpaired) electrons. The summed E-state index contributed by atoms with van der Waals surface area (Å²) in [6.07, 6.45) is 5.30. The van der Waals surface area contributed by atoms with Gasteiger partial charge in [-0.3, -0.25) is 4.98 Å². The number of nitrogens with one attached hydrogen (secondary N) is 2. The van der Waals surface area contributed by atoms with E-state index in [1.165, 1.54) is 0 Å². The Morgan fingerprint density at radius 3 is 2.89 bits per heavy atom. The Balaban J connectivity index is 1.53. The third kappa shape index (κ3) is 5.82. The van der Waals surface area contributed by atoms with Gasteiger partial charge >= 0.3 is 0 Å². The molecule has 4 N–H and O–H groups in total. The number of pyridine rings is 1. The van der Waals surface area contributed by atoms with Gasteiger partial charge < -0.3 is 16.4 Å². The number of guanidine groups is 1. The summed E-state index contributed by atoms with van der Waals surface area (Å²) in [5.41, 5.74) is 9.88. The van der Waals surface area contributed by atoms with Crippen LogP contribution in [0.25, 0.3) is 5.57 Å². The van der Waals surface area contributed by atoms with Crippen molar-refractivity contribution in [1.29, 1.82) is 0 Å². The Bertz CT molecular complexity index is 989. The van der Waals surface area contributed by atoms with Crippen molar-refractivity contribution in [2.24, 2.45) is 10.7 Å². The first kappa shape index (κ1) is 19.4. The molecule has 1 aromatic carbocycles. The maximum absolute atomic E-state index is 5.92. The number of aliphatic imine (C=N–C) groups is 1. The molecule has 0 saturated heterocycles. The predicted octanol–water partition coefficient (Wildman–Crippen LogP) is 5.02. The van der Waals surface area contributed by atoms with E-state index < -0.39 is 0 Å². The van der Waals surface area contributed by atoms with Gasteiger partial charge in [-0.15, -0.1) is 11.3 Å². The molecule has 0 aliphatic carbocycles. The summed E-state index contributed by atoms with van der Waals surface area (Å²) in [5.74, 6) is 0.332. The molecule has 28 heavy (non-hydrogen) atoms. The Morgan fingerprint density at radius 2 is 2.11 bits per heavy atom. The van der Waals surface area contributed by atoms with Crippen molar-refractivity contribution >= 4 is 33.6 Å². The second kappa shape index (κ2) is 9.53. The molecule has 0 aliphatic heterocycles. The molecule has 0 atom stereocenters. The van der Waals surface area contributed by atoms with Gasteiger partial charge in [0.2, 0.25) is 0 Å². The minimum absolute atomic E-state index is 0.332. The first-order valence-electron chi connectivity index (χ1n) is 8.86. The van der Waals surface area contributed by atoms with Crippen LogP contribution in [0.3, 0.4) is 0 Å². The number of rotatable bonds is 7. The van der Waals surface area contributed by atoms with Crippen LogP contribution in [0.4, 0.5) is 10.7 Å². The minimum atomic E-state index is 0.332. The average molecular weight is 390 g/mol. The van der Waals surface area contributed by atoms with Crippen LogP contribution >= 0.6 is 11.3 Å². The molecule has 2 heterocycles. The van der Waals surface area contributed by atoms with Crippen molar-refractivity contribution in [3.63, 3.8) is 0 Å². The summed E-state index contributed by atoms with van der Waals surface area (Å²) in [6, 6.07) is 17.9. The van der Waals surface area contributed by atoms with Crippen molar-refractivity contribution in [1.82, 2.24) is 4.98 Å². The maximum Gasteiger partial charge on any atom is 0.197 e. The zero-order valence-electron chi connectivity index (χ0n) is 15.7. The second-order valence-electron chi connectivity index (χ2n) is 6.19. The lowest BCUT2D eigenvalue weighted by molar-refractivity contribution is 1.05. The van der Waals surface area contributed by atoms with Crippen molar-refractivity contribution in [2.75, 3.05) is 10.6 Å². The summed E-state index contributed by atoms with van der Waals surface area (Å²) < 4.78 is 0. The van der Waals surface area contributed by atoms with Gasteiger partial charge in [0, 0.05) is 23.0 Å². The van der Waals surface area contributed by atoms with Crippen molar-refractivity contribution in [2.45, 2.75) is 13.5 Å². The van der Waals surface area contributed by atoms with Gasteiger partial charge in [-0.05, 0) is 60.5 Å². The zero-order chi connectivity index (χ0) is 19.8. The average Bonchev–Trinajstić information content (AvgIpc) is 3.16. The Kier molecular flexibility index (Phi) is 6.59. The molecule has 0 amide bonds. The van der Waals surface area contributed by atoms with Crippen LogP contribution in [0.5, 0.6) is 0 Å². The molecule has 5 nitrogen and oxygen atoms in total. The largest absolute Gasteiger partial charge is 0.371 e. The van der Waals surface area contributed by atoms with Gasteiger partial charge in [0.25, 0.3) is 0 Å². The Morgan fingerprint density at radius 1 is 1.21 bits per heavy atom. The highest BCUT2D eigenvalue weighted by atomic mass is 32.1. The molecular formula is C22H23N5S. The van der Waals surface area contributed by atoms with E-state index in [0.29, 0.717) is 12.5 Å². The Labute approximate surface area is 169 Å². The van der Waals surface area contributed by atoms with Crippen LogP contribution in [-0.2, 0) is 6.54 Å². The highest BCUT2D eigenvalue weighted by molar-refractivity contribution is 7.17. The molecule has 6 heteroatoms. The number of nitrogens with zero attached hydrogens (tertiary/aromatic N) is 2. The fraction of sp³-hybridized carbons (Fsp3) is 0.0909. The van der Waals surface area contributed by atoms with Crippen molar-refractivity contribution < 1.29 is 0 Å². The highest BCUT2D eigenvalue weighted by Gasteiger charge is 2.02. The number of benzene rings is 1. The molecule has 3 rings (SSSR count). The number of allylic oxidation sites excluding steroid dienone is 2. The summed E-state index contributed by atoms with van der Waals surface area (Å²) in [4.78, 5) is 9.60. The molecule has 0 fully saturated rings. The van der Waals surface area contributed by atoms with Gasteiger partial charge in [0.15, 0.2) is 5.96 Å². The quantitative estimate of drug-likeness (QED) is 0.301.